The fourth-order valence-electron chi connectivity index (χ4n) is 3.19. The van der Waals surface area contributed by atoms with Gasteiger partial charge in [0.15, 0.2) is 0 Å². The molecule has 1 rings (SSSR count). The van der Waals surface area contributed by atoms with E-state index < -0.39 is 5.54 Å². The number of hydrogen-bond donors (Lipinski definition) is 3. The van der Waals surface area contributed by atoms with E-state index in [1.54, 1.807) is 0 Å². The largest absolute Gasteiger partial charge is 0.469 e. The van der Waals surface area contributed by atoms with E-state index >= 15 is 0 Å². The number of benzene rings is 1. The highest BCUT2D eigenvalue weighted by Crippen LogP contribution is 2.26. The molecule has 1 aromatic rings. The van der Waals surface area contributed by atoms with Crippen molar-refractivity contribution in [3.63, 3.8) is 0 Å². The molecule has 0 unspecified atom stereocenters. The van der Waals surface area contributed by atoms with Crippen molar-refractivity contribution in [2.45, 2.75) is 84.9 Å². The Labute approximate surface area is 177 Å². The first kappa shape index (κ1) is 27.1. The summed E-state index contributed by atoms with van der Waals surface area (Å²) in [6.07, 6.45) is 1.50. The van der Waals surface area contributed by atoms with E-state index in [-0.39, 0.29) is 30.4 Å². The van der Waals surface area contributed by atoms with Gasteiger partial charge in [0, 0.05) is 23.1 Å². The maximum Gasteiger partial charge on any atom is 0.305 e. The van der Waals surface area contributed by atoms with Crippen molar-refractivity contribution < 1.29 is 14.3 Å². The molecule has 0 spiro atoms. The maximum absolute atomic E-state index is 11.9. The summed E-state index contributed by atoms with van der Waals surface area (Å²) in [6, 6.07) is 7.67. The van der Waals surface area contributed by atoms with E-state index in [1.807, 2.05) is 45.0 Å². The van der Waals surface area contributed by atoms with E-state index in [0.29, 0.717) is 31.4 Å². The van der Waals surface area contributed by atoms with Crippen LogP contribution in [0, 0.1) is 5.41 Å². The molecule has 1 atom stereocenters. The van der Waals surface area contributed by atoms with E-state index in [1.165, 1.54) is 7.11 Å². The van der Waals surface area contributed by atoms with Crippen LogP contribution in [-0.4, -0.2) is 42.2 Å². The molecule has 0 heterocycles. The summed E-state index contributed by atoms with van der Waals surface area (Å²) >= 11 is 0. The normalized spacial score (nSPS) is 13.9. The lowest BCUT2D eigenvalue weighted by molar-refractivity contribution is -0.141. The standard InChI is InChI=1S/C22H37N3O3.CH4/c1-20(2,3)25-22(12-11-18(26)27-7,15-28-21(4,5)6)14-16-9-8-10-17(13-16)19(23)24;/h8-10,13,25H,11-12,14-15H2,1-7H3,(H3,23,24);1H4/t22-;/m1./s1. The fourth-order valence-corrected chi connectivity index (χ4v) is 3.19. The average molecular weight is 408 g/mol. The molecule has 0 bridgehead atoms. The van der Waals surface area contributed by atoms with Crippen LogP contribution in [0.2, 0.25) is 0 Å². The van der Waals surface area contributed by atoms with E-state index in [2.05, 4.69) is 26.1 Å². The Hall–Kier alpha value is -1.92. The molecule has 166 valence electrons. The Morgan fingerprint density at radius 3 is 2.28 bits per heavy atom. The van der Waals surface area contributed by atoms with Crippen molar-refractivity contribution in [2.24, 2.45) is 5.73 Å². The number of carbonyl (C=O) groups is 1. The van der Waals surface area contributed by atoms with Crippen molar-refractivity contribution in [1.82, 2.24) is 5.32 Å². The molecule has 6 nitrogen and oxygen atoms in total. The predicted octanol–water partition coefficient (Wildman–Crippen LogP) is 4.04. The summed E-state index contributed by atoms with van der Waals surface area (Å²) in [6.45, 7) is 12.8. The van der Waals surface area contributed by atoms with Gasteiger partial charge in [-0.15, -0.1) is 0 Å². The lowest BCUT2D eigenvalue weighted by Gasteiger charge is -2.42. The number of carbonyl (C=O) groups excluding carboxylic acids is 1. The fraction of sp³-hybridized carbons (Fsp3) is 0.652. The molecule has 0 fully saturated rings. The van der Waals surface area contributed by atoms with Crippen molar-refractivity contribution >= 4 is 11.8 Å². The minimum absolute atomic E-state index is 0. The zero-order valence-electron chi connectivity index (χ0n) is 18.4. The first-order chi connectivity index (χ1) is 12.8. The van der Waals surface area contributed by atoms with Gasteiger partial charge in [-0.2, -0.15) is 0 Å². The van der Waals surface area contributed by atoms with Gasteiger partial charge in [0.25, 0.3) is 0 Å². The van der Waals surface area contributed by atoms with E-state index in [9.17, 15) is 4.79 Å². The second kappa shape index (κ2) is 10.7. The van der Waals surface area contributed by atoms with Gasteiger partial charge in [-0.1, -0.05) is 25.6 Å². The van der Waals surface area contributed by atoms with Gasteiger partial charge in [-0.3, -0.25) is 10.2 Å². The zero-order valence-corrected chi connectivity index (χ0v) is 18.4. The SMILES string of the molecule is C.COC(=O)CC[C@](COC(C)(C)C)(Cc1cccc(C(=N)N)c1)NC(C)(C)C. The second-order valence-electron chi connectivity index (χ2n) is 9.42. The van der Waals surface area contributed by atoms with Crippen LogP contribution in [0.5, 0.6) is 0 Å². The molecule has 4 N–H and O–H groups in total. The van der Waals surface area contributed by atoms with Crippen LogP contribution in [0.25, 0.3) is 0 Å². The van der Waals surface area contributed by atoms with Crippen LogP contribution in [0.4, 0.5) is 0 Å². The van der Waals surface area contributed by atoms with Gasteiger partial charge in [-0.05, 0) is 66.0 Å². The molecule has 0 aliphatic carbocycles. The van der Waals surface area contributed by atoms with Crippen LogP contribution in [-0.2, 0) is 20.7 Å². The number of amidine groups is 1. The number of methoxy groups -OCH3 is 1. The Kier molecular flexibility index (Phi) is 10.0. The van der Waals surface area contributed by atoms with Crippen LogP contribution in [0.1, 0.15) is 72.9 Å². The Morgan fingerprint density at radius 1 is 1.17 bits per heavy atom. The number of nitrogens with two attached hydrogens (primary N) is 1. The van der Waals surface area contributed by atoms with Crippen LogP contribution >= 0.6 is 0 Å². The zero-order chi connectivity index (χ0) is 21.6. The highest BCUT2D eigenvalue weighted by Gasteiger charge is 2.36. The number of ether oxygens (including phenoxy) is 2. The highest BCUT2D eigenvalue weighted by atomic mass is 16.5. The first-order valence-electron chi connectivity index (χ1n) is 9.69. The molecule has 1 aromatic carbocycles. The molecule has 0 radical (unpaired) electrons. The molecule has 29 heavy (non-hydrogen) atoms. The summed E-state index contributed by atoms with van der Waals surface area (Å²) in [5.74, 6) is -0.204. The first-order valence-corrected chi connectivity index (χ1v) is 9.69. The minimum atomic E-state index is -0.477. The van der Waals surface area contributed by atoms with E-state index in [4.69, 9.17) is 20.6 Å². The van der Waals surface area contributed by atoms with Crippen molar-refractivity contribution in [1.29, 1.82) is 5.41 Å². The van der Waals surface area contributed by atoms with E-state index in [0.717, 1.165) is 5.56 Å². The summed E-state index contributed by atoms with van der Waals surface area (Å²) < 4.78 is 11.0. The van der Waals surface area contributed by atoms with Gasteiger partial charge in [0.2, 0.25) is 0 Å². The molecule has 0 saturated carbocycles. The second-order valence-corrected chi connectivity index (χ2v) is 9.42. The lowest BCUT2D eigenvalue weighted by Crippen LogP contribution is -2.59. The summed E-state index contributed by atoms with van der Waals surface area (Å²) in [5.41, 5.74) is 6.41. The summed E-state index contributed by atoms with van der Waals surface area (Å²) in [7, 11) is 1.41. The van der Waals surface area contributed by atoms with Crippen LogP contribution in [0.15, 0.2) is 24.3 Å². The van der Waals surface area contributed by atoms with Crippen LogP contribution < -0.4 is 11.1 Å². The number of nitrogen functional groups attached to an aromatic ring is 1. The number of rotatable bonds is 9. The molecule has 0 aliphatic rings. The smallest absolute Gasteiger partial charge is 0.305 e. The molecule has 0 aliphatic heterocycles. The molecule has 0 aromatic heterocycles. The Morgan fingerprint density at radius 2 is 1.79 bits per heavy atom. The lowest BCUT2D eigenvalue weighted by atomic mass is 9.84. The third-order valence-corrected chi connectivity index (χ3v) is 4.24. The molecule has 0 saturated heterocycles. The monoisotopic (exact) mass is 407 g/mol. The highest BCUT2D eigenvalue weighted by molar-refractivity contribution is 5.95. The Balaban J connectivity index is 0.00000784. The van der Waals surface area contributed by atoms with Gasteiger partial charge < -0.3 is 20.5 Å². The van der Waals surface area contributed by atoms with Crippen molar-refractivity contribution in [3.05, 3.63) is 35.4 Å². The molecular formula is C23H41N3O3. The van der Waals surface area contributed by atoms with Crippen LogP contribution in [0.3, 0.4) is 0 Å². The quantitative estimate of drug-likeness (QED) is 0.326. The maximum atomic E-state index is 11.9. The molecule has 6 heteroatoms. The Bertz CT molecular complexity index is 675. The van der Waals surface area contributed by atoms with Gasteiger partial charge in [0.05, 0.1) is 19.3 Å². The molecular weight excluding hydrogens is 366 g/mol. The third-order valence-electron chi connectivity index (χ3n) is 4.24. The van der Waals surface area contributed by atoms with Gasteiger partial charge in [0.1, 0.15) is 5.84 Å². The molecule has 0 amide bonds. The summed E-state index contributed by atoms with van der Waals surface area (Å²) in [5, 5.41) is 11.4. The summed E-state index contributed by atoms with van der Waals surface area (Å²) in [4.78, 5) is 11.9. The number of hydrogen-bond acceptors (Lipinski definition) is 5. The minimum Gasteiger partial charge on any atom is -0.469 e. The topological polar surface area (TPSA) is 97.4 Å². The predicted molar refractivity (Wildman–Crippen MR) is 120 cm³/mol. The van der Waals surface area contributed by atoms with Gasteiger partial charge in [-0.25, -0.2) is 0 Å². The van der Waals surface area contributed by atoms with Crippen molar-refractivity contribution in [2.75, 3.05) is 13.7 Å². The number of nitrogens with one attached hydrogen (secondary N) is 2. The number of esters is 1. The van der Waals surface area contributed by atoms with Gasteiger partial charge >= 0.3 is 5.97 Å². The average Bonchev–Trinajstić information content (AvgIpc) is 2.56. The van der Waals surface area contributed by atoms with Crippen molar-refractivity contribution in [3.8, 4) is 0 Å². The third kappa shape index (κ3) is 10.4.